The smallest absolute Gasteiger partial charge is 0.300 e. The molecule has 1 saturated heterocycles. The lowest BCUT2D eigenvalue weighted by Gasteiger charge is -2.25. The predicted molar refractivity (Wildman–Crippen MR) is 126 cm³/mol. The second-order valence-corrected chi connectivity index (χ2v) is 8.12. The molecule has 1 aliphatic heterocycles. The molecule has 1 aliphatic rings. The molecule has 0 spiro atoms. The van der Waals surface area contributed by atoms with Crippen LogP contribution in [0.15, 0.2) is 96.6 Å². The maximum atomic E-state index is 13.7. The molecule has 1 fully saturated rings. The Labute approximate surface area is 190 Å². The van der Waals surface area contributed by atoms with Crippen molar-refractivity contribution in [1.82, 2.24) is 0 Å². The third-order valence-electron chi connectivity index (χ3n) is 5.93. The summed E-state index contributed by atoms with van der Waals surface area (Å²) in [6.07, 6.45) is 0. The molecule has 0 aromatic heterocycles. The number of halogens is 1. The standard InChI is InChI=1S/C28H20FNO3/c1-17-5-4-8-23(15-17)30-25(19-11-13-22(29)14-12-19)24(27(32)28(30)33)26(31)21-10-9-18-6-2-3-7-20(18)16-21/h2-16,25,31H,1H3/b26-24-. The molecule has 4 nitrogen and oxygen atoms in total. The second-order valence-electron chi connectivity index (χ2n) is 8.12. The van der Waals surface area contributed by atoms with Crippen molar-refractivity contribution in [2.45, 2.75) is 13.0 Å². The van der Waals surface area contributed by atoms with Crippen molar-refractivity contribution in [3.05, 3.63) is 119 Å². The van der Waals surface area contributed by atoms with Crippen LogP contribution in [0.25, 0.3) is 16.5 Å². The minimum absolute atomic E-state index is 0.0246. The molecular weight excluding hydrogens is 417 g/mol. The first-order chi connectivity index (χ1) is 15.9. The molecule has 1 N–H and O–H groups in total. The van der Waals surface area contributed by atoms with E-state index in [9.17, 15) is 19.1 Å². The van der Waals surface area contributed by atoms with Gasteiger partial charge in [0.25, 0.3) is 11.7 Å². The van der Waals surface area contributed by atoms with Crippen LogP contribution in [-0.2, 0) is 9.59 Å². The Hall–Kier alpha value is -4.25. The number of ketones is 1. The van der Waals surface area contributed by atoms with Crippen molar-refractivity contribution in [3.63, 3.8) is 0 Å². The highest BCUT2D eigenvalue weighted by Crippen LogP contribution is 2.42. The lowest BCUT2D eigenvalue weighted by atomic mass is 9.94. The van der Waals surface area contributed by atoms with Crippen molar-refractivity contribution in [2.24, 2.45) is 0 Å². The number of aryl methyl sites for hydroxylation is 1. The summed E-state index contributed by atoms with van der Waals surface area (Å²) in [6, 6.07) is 25.0. The van der Waals surface area contributed by atoms with Gasteiger partial charge in [-0.25, -0.2) is 4.39 Å². The van der Waals surface area contributed by atoms with Gasteiger partial charge in [-0.05, 0) is 59.2 Å². The van der Waals surface area contributed by atoms with Crippen molar-refractivity contribution in [1.29, 1.82) is 0 Å². The Kier molecular flexibility index (Phi) is 5.02. The Morgan fingerprint density at radius 2 is 1.58 bits per heavy atom. The summed E-state index contributed by atoms with van der Waals surface area (Å²) in [7, 11) is 0. The molecule has 0 bridgehead atoms. The number of carbonyl (C=O) groups excluding carboxylic acids is 2. The zero-order chi connectivity index (χ0) is 23.1. The number of nitrogens with zero attached hydrogens (tertiary/aromatic N) is 1. The van der Waals surface area contributed by atoms with Gasteiger partial charge < -0.3 is 5.11 Å². The zero-order valence-corrected chi connectivity index (χ0v) is 17.8. The Morgan fingerprint density at radius 3 is 2.30 bits per heavy atom. The van der Waals surface area contributed by atoms with Crippen LogP contribution >= 0.6 is 0 Å². The number of fused-ring (bicyclic) bond motifs is 1. The molecule has 1 atom stereocenters. The summed E-state index contributed by atoms with van der Waals surface area (Å²) >= 11 is 0. The molecular formula is C28H20FNO3. The molecule has 4 aromatic carbocycles. The Bertz CT molecular complexity index is 1440. The van der Waals surface area contributed by atoms with Gasteiger partial charge in [-0.1, -0.05) is 60.7 Å². The molecule has 4 aromatic rings. The van der Waals surface area contributed by atoms with E-state index in [1.54, 1.807) is 30.3 Å². The number of amides is 1. The van der Waals surface area contributed by atoms with Crippen LogP contribution in [-0.4, -0.2) is 16.8 Å². The normalized spacial score (nSPS) is 17.6. The highest BCUT2D eigenvalue weighted by molar-refractivity contribution is 6.51. The van der Waals surface area contributed by atoms with Gasteiger partial charge in [0.2, 0.25) is 0 Å². The van der Waals surface area contributed by atoms with Crippen molar-refractivity contribution >= 4 is 33.9 Å². The van der Waals surface area contributed by atoms with Gasteiger partial charge in [-0.2, -0.15) is 0 Å². The molecule has 33 heavy (non-hydrogen) atoms. The molecule has 5 rings (SSSR count). The lowest BCUT2D eigenvalue weighted by Crippen LogP contribution is -2.29. The number of rotatable bonds is 3. The number of Topliss-reactive ketones (excluding diaryl/α,β-unsaturated/α-hetero) is 1. The third kappa shape index (κ3) is 3.57. The number of hydrogen-bond donors (Lipinski definition) is 1. The number of benzene rings is 4. The predicted octanol–water partition coefficient (Wildman–Crippen LogP) is 5.91. The van der Waals surface area contributed by atoms with E-state index in [0.29, 0.717) is 16.8 Å². The van der Waals surface area contributed by atoms with E-state index in [1.807, 2.05) is 43.3 Å². The summed E-state index contributed by atoms with van der Waals surface area (Å²) in [5, 5.41) is 13.2. The summed E-state index contributed by atoms with van der Waals surface area (Å²) < 4.78 is 13.7. The largest absolute Gasteiger partial charge is 0.507 e. The van der Waals surface area contributed by atoms with E-state index in [4.69, 9.17) is 0 Å². The van der Waals surface area contributed by atoms with Crippen LogP contribution in [0.3, 0.4) is 0 Å². The van der Waals surface area contributed by atoms with Crippen LogP contribution in [0, 0.1) is 12.7 Å². The van der Waals surface area contributed by atoms with E-state index in [2.05, 4.69) is 0 Å². The SMILES string of the molecule is Cc1cccc(N2C(=O)C(=O)/C(=C(\O)c3ccc4ccccc4c3)C2c2ccc(F)cc2)c1. The van der Waals surface area contributed by atoms with Crippen LogP contribution in [0.5, 0.6) is 0 Å². The Balaban J connectivity index is 1.73. The van der Waals surface area contributed by atoms with E-state index in [0.717, 1.165) is 16.3 Å². The van der Waals surface area contributed by atoms with Gasteiger partial charge in [-0.15, -0.1) is 0 Å². The minimum Gasteiger partial charge on any atom is -0.507 e. The number of hydrogen-bond acceptors (Lipinski definition) is 3. The first kappa shape index (κ1) is 20.6. The van der Waals surface area contributed by atoms with Gasteiger partial charge in [0.15, 0.2) is 0 Å². The molecule has 1 unspecified atom stereocenters. The maximum Gasteiger partial charge on any atom is 0.300 e. The van der Waals surface area contributed by atoms with Crippen LogP contribution < -0.4 is 4.90 Å². The molecule has 1 heterocycles. The van der Waals surface area contributed by atoms with Crippen LogP contribution in [0.1, 0.15) is 22.7 Å². The monoisotopic (exact) mass is 437 g/mol. The van der Waals surface area contributed by atoms with E-state index < -0.39 is 23.5 Å². The highest BCUT2D eigenvalue weighted by Gasteiger charge is 2.47. The minimum atomic E-state index is -0.890. The van der Waals surface area contributed by atoms with Crippen LogP contribution in [0.2, 0.25) is 0 Å². The van der Waals surface area contributed by atoms with Crippen LogP contribution in [0.4, 0.5) is 10.1 Å². The van der Waals surface area contributed by atoms with Gasteiger partial charge >= 0.3 is 0 Å². The van der Waals surface area contributed by atoms with Crippen molar-refractivity contribution in [2.75, 3.05) is 4.90 Å². The van der Waals surface area contributed by atoms with Gasteiger partial charge in [0.1, 0.15) is 11.6 Å². The van der Waals surface area contributed by atoms with E-state index in [-0.39, 0.29) is 11.3 Å². The first-order valence-corrected chi connectivity index (χ1v) is 10.6. The average Bonchev–Trinajstić information content (AvgIpc) is 3.09. The second kappa shape index (κ2) is 8.02. The zero-order valence-electron chi connectivity index (χ0n) is 17.8. The van der Waals surface area contributed by atoms with Gasteiger partial charge in [0, 0.05) is 11.3 Å². The highest BCUT2D eigenvalue weighted by atomic mass is 19.1. The van der Waals surface area contributed by atoms with Gasteiger partial charge in [0.05, 0.1) is 11.6 Å². The lowest BCUT2D eigenvalue weighted by molar-refractivity contribution is -0.132. The third-order valence-corrected chi connectivity index (χ3v) is 5.93. The summed E-state index contributed by atoms with van der Waals surface area (Å²) in [6.45, 7) is 1.89. The fraction of sp³-hybridized carbons (Fsp3) is 0.0714. The topological polar surface area (TPSA) is 57.6 Å². The number of anilines is 1. The molecule has 162 valence electrons. The number of carbonyl (C=O) groups is 2. The summed E-state index contributed by atoms with van der Waals surface area (Å²) in [5.74, 6) is -2.21. The molecule has 0 radical (unpaired) electrons. The van der Waals surface area contributed by atoms with E-state index in [1.165, 1.54) is 29.2 Å². The van der Waals surface area contributed by atoms with E-state index >= 15 is 0 Å². The fourth-order valence-corrected chi connectivity index (χ4v) is 4.33. The molecule has 5 heteroatoms. The molecule has 1 amide bonds. The molecule has 0 aliphatic carbocycles. The first-order valence-electron chi connectivity index (χ1n) is 10.6. The number of aliphatic hydroxyl groups is 1. The van der Waals surface area contributed by atoms with Crippen molar-refractivity contribution in [3.8, 4) is 0 Å². The Morgan fingerprint density at radius 1 is 0.848 bits per heavy atom. The maximum absolute atomic E-state index is 13.7. The van der Waals surface area contributed by atoms with Crippen molar-refractivity contribution < 1.29 is 19.1 Å². The molecule has 0 saturated carbocycles. The number of aliphatic hydroxyl groups excluding tert-OH is 1. The summed E-state index contributed by atoms with van der Waals surface area (Å²) in [4.78, 5) is 27.8. The summed E-state index contributed by atoms with van der Waals surface area (Å²) in [5.41, 5.74) is 2.39. The quantitative estimate of drug-likeness (QED) is 0.246. The average molecular weight is 437 g/mol. The van der Waals surface area contributed by atoms with Gasteiger partial charge in [-0.3, -0.25) is 14.5 Å². The fourth-order valence-electron chi connectivity index (χ4n) is 4.33.